The fourth-order valence-corrected chi connectivity index (χ4v) is 4.28. The van der Waals surface area contributed by atoms with Crippen molar-refractivity contribution >= 4 is 5.91 Å². The van der Waals surface area contributed by atoms with E-state index >= 15 is 0 Å². The van der Waals surface area contributed by atoms with E-state index in [1.54, 1.807) is 0 Å². The number of aromatic nitrogens is 2. The van der Waals surface area contributed by atoms with Crippen LogP contribution in [0.2, 0.25) is 0 Å². The molecule has 27 heavy (non-hydrogen) atoms. The zero-order valence-electron chi connectivity index (χ0n) is 15.2. The van der Waals surface area contributed by atoms with Crippen LogP contribution < -0.4 is 16.4 Å². The first-order valence-electron chi connectivity index (χ1n) is 9.58. The molecular formula is C20H25N5O2. The summed E-state index contributed by atoms with van der Waals surface area (Å²) in [7, 11) is 0. The Morgan fingerprint density at radius 1 is 1.19 bits per heavy atom. The quantitative estimate of drug-likeness (QED) is 0.749. The molecule has 2 aromatic rings. The van der Waals surface area contributed by atoms with Crippen LogP contribution in [0.3, 0.4) is 0 Å². The second-order valence-electron chi connectivity index (χ2n) is 7.46. The summed E-state index contributed by atoms with van der Waals surface area (Å²) in [5.41, 5.74) is 8.12. The van der Waals surface area contributed by atoms with E-state index in [2.05, 4.69) is 45.3 Å². The van der Waals surface area contributed by atoms with Gasteiger partial charge in [-0.3, -0.25) is 20.4 Å². The molecule has 0 radical (unpaired) electrons. The van der Waals surface area contributed by atoms with Crippen LogP contribution in [0.15, 0.2) is 47.3 Å². The fraction of sp³-hybridized carbons (Fsp3) is 0.450. The molecule has 0 bridgehead atoms. The number of hydrazine groups is 1. The molecule has 7 heteroatoms. The topological polar surface area (TPSA) is 90.1 Å². The normalized spacial score (nSPS) is 25.5. The van der Waals surface area contributed by atoms with Gasteiger partial charge in [0, 0.05) is 31.7 Å². The number of carbonyl (C=O) groups excluding carboxylic acids is 1. The van der Waals surface area contributed by atoms with Crippen LogP contribution in [-0.2, 0) is 6.42 Å². The highest BCUT2D eigenvalue weighted by atomic mass is 16.2. The maximum absolute atomic E-state index is 12.7. The van der Waals surface area contributed by atoms with Crippen molar-refractivity contribution in [1.82, 2.24) is 25.9 Å². The molecule has 0 aliphatic carbocycles. The third-order valence-corrected chi connectivity index (χ3v) is 5.63. The lowest BCUT2D eigenvalue weighted by Gasteiger charge is -2.37. The Bertz CT molecular complexity index is 817. The summed E-state index contributed by atoms with van der Waals surface area (Å²) < 4.78 is 0. The van der Waals surface area contributed by atoms with Gasteiger partial charge in [-0.05, 0) is 42.7 Å². The number of likely N-dealkylation sites (tertiary alicyclic amines) is 1. The maximum Gasteiger partial charge on any atom is 0.274 e. The lowest BCUT2D eigenvalue weighted by atomic mass is 9.81. The average molecular weight is 367 g/mol. The Morgan fingerprint density at radius 3 is 2.81 bits per heavy atom. The van der Waals surface area contributed by atoms with Crippen LogP contribution in [0.4, 0.5) is 0 Å². The molecule has 1 amide bonds. The summed E-state index contributed by atoms with van der Waals surface area (Å²) >= 11 is 0. The van der Waals surface area contributed by atoms with Gasteiger partial charge in [-0.15, -0.1) is 0 Å². The minimum Gasteiger partial charge on any atom is -0.337 e. The molecule has 3 atom stereocenters. The summed E-state index contributed by atoms with van der Waals surface area (Å²) in [6.07, 6.45) is 3.11. The summed E-state index contributed by atoms with van der Waals surface area (Å²) in [5.74, 6) is 0.786. The molecular weight excluding hydrogens is 342 g/mol. The molecule has 3 N–H and O–H groups in total. The SMILES string of the molecule is O=C(c1ccc(=O)[nH]n1)N1CCCC(C2NNCC2Cc2ccccc2)C1. The molecule has 2 aliphatic rings. The zero-order valence-corrected chi connectivity index (χ0v) is 15.2. The van der Waals surface area contributed by atoms with Crippen LogP contribution >= 0.6 is 0 Å². The minimum absolute atomic E-state index is 0.110. The number of hydrogen-bond donors (Lipinski definition) is 3. The van der Waals surface area contributed by atoms with Crippen molar-refractivity contribution in [3.8, 4) is 0 Å². The van der Waals surface area contributed by atoms with Gasteiger partial charge in [0.25, 0.3) is 11.5 Å². The molecule has 2 aliphatic heterocycles. The monoisotopic (exact) mass is 367 g/mol. The smallest absolute Gasteiger partial charge is 0.274 e. The van der Waals surface area contributed by atoms with Gasteiger partial charge < -0.3 is 4.90 Å². The van der Waals surface area contributed by atoms with E-state index < -0.39 is 0 Å². The van der Waals surface area contributed by atoms with Crippen molar-refractivity contribution < 1.29 is 4.79 Å². The number of piperidine rings is 1. The zero-order chi connectivity index (χ0) is 18.6. The molecule has 3 unspecified atom stereocenters. The Kier molecular flexibility index (Phi) is 5.31. The first kappa shape index (κ1) is 17.9. The van der Waals surface area contributed by atoms with E-state index in [1.807, 2.05) is 11.0 Å². The van der Waals surface area contributed by atoms with Crippen molar-refractivity contribution in [2.24, 2.45) is 11.8 Å². The van der Waals surface area contributed by atoms with E-state index in [0.717, 1.165) is 32.4 Å². The Labute approximate surface area is 158 Å². The molecule has 2 fully saturated rings. The van der Waals surface area contributed by atoms with Gasteiger partial charge in [0.1, 0.15) is 5.69 Å². The second kappa shape index (κ2) is 8.02. The highest BCUT2D eigenvalue weighted by Crippen LogP contribution is 2.28. The molecule has 2 saturated heterocycles. The number of nitrogens with zero attached hydrogens (tertiary/aromatic N) is 2. The molecule has 0 saturated carbocycles. The third kappa shape index (κ3) is 4.09. The van der Waals surface area contributed by atoms with E-state index in [0.29, 0.717) is 30.1 Å². The number of carbonyl (C=O) groups is 1. The van der Waals surface area contributed by atoms with E-state index in [9.17, 15) is 9.59 Å². The van der Waals surface area contributed by atoms with Gasteiger partial charge in [-0.1, -0.05) is 30.3 Å². The van der Waals surface area contributed by atoms with E-state index in [1.165, 1.54) is 17.7 Å². The standard InChI is InChI=1S/C20H25N5O2/c26-18-9-8-17(22-23-18)20(27)25-10-4-7-15(13-25)19-16(12-21-24-19)11-14-5-2-1-3-6-14/h1-3,5-6,8-9,15-16,19,21,24H,4,7,10-13H2,(H,23,26). The first-order valence-corrected chi connectivity index (χ1v) is 9.58. The van der Waals surface area contributed by atoms with Crippen LogP contribution in [-0.4, -0.2) is 46.7 Å². The highest BCUT2D eigenvalue weighted by Gasteiger charge is 2.37. The largest absolute Gasteiger partial charge is 0.337 e. The number of nitrogens with one attached hydrogen (secondary N) is 3. The highest BCUT2D eigenvalue weighted by molar-refractivity contribution is 5.92. The predicted octanol–water partition coefficient (Wildman–Crippen LogP) is 0.957. The fourth-order valence-electron chi connectivity index (χ4n) is 4.28. The van der Waals surface area contributed by atoms with Crippen LogP contribution in [0, 0.1) is 11.8 Å². The number of amides is 1. The van der Waals surface area contributed by atoms with Crippen molar-refractivity contribution in [3.05, 3.63) is 64.1 Å². The van der Waals surface area contributed by atoms with Crippen molar-refractivity contribution in [2.45, 2.75) is 25.3 Å². The summed E-state index contributed by atoms with van der Waals surface area (Å²) in [6, 6.07) is 13.7. The van der Waals surface area contributed by atoms with E-state index in [-0.39, 0.29) is 11.5 Å². The second-order valence-corrected chi connectivity index (χ2v) is 7.46. The molecule has 1 aromatic carbocycles. The van der Waals surface area contributed by atoms with Gasteiger partial charge in [0.15, 0.2) is 0 Å². The lowest BCUT2D eigenvalue weighted by molar-refractivity contribution is 0.0628. The number of hydrogen-bond acceptors (Lipinski definition) is 5. The van der Waals surface area contributed by atoms with Gasteiger partial charge >= 0.3 is 0 Å². The van der Waals surface area contributed by atoms with Crippen molar-refractivity contribution in [3.63, 3.8) is 0 Å². The summed E-state index contributed by atoms with van der Waals surface area (Å²) in [5, 5.41) is 6.24. The van der Waals surface area contributed by atoms with Gasteiger partial charge in [0.2, 0.25) is 0 Å². The first-order chi connectivity index (χ1) is 13.2. The van der Waals surface area contributed by atoms with Crippen molar-refractivity contribution in [1.29, 1.82) is 0 Å². The average Bonchev–Trinajstić information content (AvgIpc) is 3.17. The third-order valence-electron chi connectivity index (χ3n) is 5.63. The lowest BCUT2D eigenvalue weighted by Crippen LogP contribution is -2.49. The van der Waals surface area contributed by atoms with Gasteiger partial charge in [0.05, 0.1) is 0 Å². The maximum atomic E-state index is 12.7. The number of benzene rings is 1. The van der Waals surface area contributed by atoms with Crippen LogP contribution in [0.5, 0.6) is 0 Å². The Morgan fingerprint density at radius 2 is 2.04 bits per heavy atom. The van der Waals surface area contributed by atoms with Crippen LogP contribution in [0.25, 0.3) is 0 Å². The number of H-pyrrole nitrogens is 1. The van der Waals surface area contributed by atoms with E-state index in [4.69, 9.17) is 0 Å². The predicted molar refractivity (Wildman–Crippen MR) is 102 cm³/mol. The minimum atomic E-state index is -0.298. The molecule has 1 aromatic heterocycles. The molecule has 4 rings (SSSR count). The van der Waals surface area contributed by atoms with Gasteiger partial charge in [-0.2, -0.15) is 5.10 Å². The molecule has 0 spiro atoms. The number of aromatic amines is 1. The van der Waals surface area contributed by atoms with Crippen molar-refractivity contribution in [2.75, 3.05) is 19.6 Å². The number of rotatable bonds is 4. The Hall–Kier alpha value is -2.51. The van der Waals surface area contributed by atoms with Crippen LogP contribution in [0.1, 0.15) is 28.9 Å². The molecule has 3 heterocycles. The molecule has 7 nitrogen and oxygen atoms in total. The Balaban J connectivity index is 1.43. The van der Waals surface area contributed by atoms with Gasteiger partial charge in [-0.25, -0.2) is 5.10 Å². The molecule has 142 valence electrons. The summed E-state index contributed by atoms with van der Waals surface area (Å²) in [6.45, 7) is 2.38. The summed E-state index contributed by atoms with van der Waals surface area (Å²) in [4.78, 5) is 25.8.